The Morgan fingerprint density at radius 2 is 1.81 bits per heavy atom. The van der Waals surface area contributed by atoms with E-state index in [2.05, 4.69) is 26.0 Å². The zero-order valence-corrected chi connectivity index (χ0v) is 16.7. The van der Waals surface area contributed by atoms with Crippen LogP contribution >= 0.6 is 15.9 Å². The number of carbonyl (C=O) groups is 2. The van der Waals surface area contributed by atoms with E-state index in [1.165, 1.54) is 43.3 Å². The number of amides is 1. The van der Waals surface area contributed by atoms with Gasteiger partial charge in [-0.15, -0.1) is 0 Å². The number of hydrogen-bond acceptors (Lipinski definition) is 5. The Morgan fingerprint density at radius 3 is 2.44 bits per heavy atom. The van der Waals surface area contributed by atoms with Gasteiger partial charge in [0, 0.05) is 4.47 Å². The topological polar surface area (TPSA) is 102 Å². The molecule has 1 amide bonds. The van der Waals surface area contributed by atoms with Gasteiger partial charge in [0.2, 0.25) is 10.0 Å². The SMILES string of the molecule is CC(OC(=O)c1ccccc1NS(C)(=O)=O)C(=O)Nc1ccc(Br)cc1F. The van der Waals surface area contributed by atoms with Crippen LogP contribution in [0.5, 0.6) is 0 Å². The highest BCUT2D eigenvalue weighted by atomic mass is 79.9. The lowest BCUT2D eigenvalue weighted by atomic mass is 10.2. The molecule has 0 saturated heterocycles. The third kappa shape index (κ3) is 6.04. The molecule has 0 bridgehead atoms. The average molecular weight is 459 g/mol. The van der Waals surface area contributed by atoms with E-state index in [1.807, 2.05) is 0 Å². The summed E-state index contributed by atoms with van der Waals surface area (Å²) in [4.78, 5) is 24.5. The molecule has 0 aliphatic carbocycles. The first-order chi connectivity index (χ1) is 12.6. The van der Waals surface area contributed by atoms with Crippen molar-refractivity contribution in [3.05, 3.63) is 58.3 Å². The molecule has 144 valence electrons. The number of anilines is 2. The van der Waals surface area contributed by atoms with Crippen LogP contribution in [-0.4, -0.2) is 32.7 Å². The minimum Gasteiger partial charge on any atom is -0.449 e. The molecule has 0 aromatic heterocycles. The monoisotopic (exact) mass is 458 g/mol. The van der Waals surface area contributed by atoms with Gasteiger partial charge >= 0.3 is 5.97 Å². The number of halogens is 2. The number of para-hydroxylation sites is 1. The minimum absolute atomic E-state index is 0.0246. The molecule has 2 N–H and O–H groups in total. The number of rotatable bonds is 6. The summed E-state index contributed by atoms with van der Waals surface area (Å²) in [5.74, 6) is -2.29. The second-order valence-corrected chi connectivity index (χ2v) is 8.24. The Balaban J connectivity index is 2.10. The quantitative estimate of drug-likeness (QED) is 0.647. The maximum atomic E-state index is 13.8. The predicted molar refractivity (Wildman–Crippen MR) is 103 cm³/mol. The lowest BCUT2D eigenvalue weighted by molar-refractivity contribution is -0.123. The van der Waals surface area contributed by atoms with Crippen molar-refractivity contribution in [2.75, 3.05) is 16.3 Å². The number of ether oxygens (including phenoxy) is 1. The number of benzene rings is 2. The van der Waals surface area contributed by atoms with E-state index in [0.29, 0.717) is 4.47 Å². The van der Waals surface area contributed by atoms with Gasteiger partial charge in [-0.05, 0) is 37.3 Å². The van der Waals surface area contributed by atoms with Gasteiger partial charge in [-0.2, -0.15) is 0 Å². The summed E-state index contributed by atoms with van der Waals surface area (Å²) in [7, 11) is -3.61. The van der Waals surface area contributed by atoms with Gasteiger partial charge in [-0.25, -0.2) is 17.6 Å². The zero-order valence-electron chi connectivity index (χ0n) is 14.3. The van der Waals surface area contributed by atoms with Crippen LogP contribution in [0.15, 0.2) is 46.9 Å². The molecule has 27 heavy (non-hydrogen) atoms. The summed E-state index contributed by atoms with van der Waals surface area (Å²) in [5.41, 5.74) is -0.0980. The van der Waals surface area contributed by atoms with E-state index < -0.39 is 33.8 Å². The highest BCUT2D eigenvalue weighted by molar-refractivity contribution is 9.10. The Morgan fingerprint density at radius 1 is 1.15 bits per heavy atom. The van der Waals surface area contributed by atoms with Crippen molar-refractivity contribution in [2.24, 2.45) is 0 Å². The average Bonchev–Trinajstić information content (AvgIpc) is 2.56. The van der Waals surface area contributed by atoms with Crippen LogP contribution < -0.4 is 10.0 Å². The fourth-order valence-corrected chi connectivity index (χ4v) is 2.96. The van der Waals surface area contributed by atoms with Crippen molar-refractivity contribution in [3.8, 4) is 0 Å². The number of esters is 1. The molecule has 0 radical (unpaired) electrons. The van der Waals surface area contributed by atoms with Gasteiger partial charge in [0.05, 0.1) is 23.2 Å². The van der Waals surface area contributed by atoms with Crippen molar-refractivity contribution < 1.29 is 27.1 Å². The van der Waals surface area contributed by atoms with Crippen LogP contribution in [-0.2, 0) is 19.6 Å². The summed E-state index contributed by atoms with van der Waals surface area (Å²) in [5, 5.41) is 2.32. The molecular formula is C17H16BrFN2O5S. The first kappa shape index (κ1) is 20.8. The molecule has 10 heteroatoms. The van der Waals surface area contributed by atoms with Crippen LogP contribution in [0.3, 0.4) is 0 Å². The molecule has 2 rings (SSSR count). The molecule has 1 atom stereocenters. The third-order valence-electron chi connectivity index (χ3n) is 3.28. The van der Waals surface area contributed by atoms with Gasteiger partial charge in [-0.1, -0.05) is 28.1 Å². The van der Waals surface area contributed by atoms with E-state index in [9.17, 15) is 22.4 Å². The Bertz CT molecular complexity index is 981. The number of hydrogen-bond donors (Lipinski definition) is 2. The molecule has 7 nitrogen and oxygen atoms in total. The second kappa shape index (κ2) is 8.49. The Labute approximate surface area is 164 Å². The number of carbonyl (C=O) groups excluding carboxylic acids is 2. The fraction of sp³-hybridized carbons (Fsp3) is 0.176. The molecule has 0 spiro atoms. The maximum absolute atomic E-state index is 13.8. The standard InChI is InChI=1S/C17H16BrFN2O5S/c1-10(16(22)20-15-8-7-11(18)9-13(15)19)26-17(23)12-5-3-4-6-14(12)21-27(2,24)25/h3-10,21H,1-2H3,(H,20,22). The van der Waals surface area contributed by atoms with Crippen LogP contribution in [0.4, 0.5) is 15.8 Å². The summed E-state index contributed by atoms with van der Waals surface area (Å²) >= 11 is 3.11. The van der Waals surface area contributed by atoms with E-state index in [4.69, 9.17) is 4.74 Å². The zero-order chi connectivity index (χ0) is 20.2. The van der Waals surface area contributed by atoms with Gasteiger partial charge in [-0.3, -0.25) is 9.52 Å². The maximum Gasteiger partial charge on any atom is 0.341 e. The third-order valence-corrected chi connectivity index (χ3v) is 4.37. The van der Waals surface area contributed by atoms with Crippen molar-refractivity contribution in [2.45, 2.75) is 13.0 Å². The van der Waals surface area contributed by atoms with Gasteiger partial charge in [0.15, 0.2) is 6.10 Å². The van der Waals surface area contributed by atoms with Crippen LogP contribution in [0.1, 0.15) is 17.3 Å². The number of sulfonamides is 1. The predicted octanol–water partition coefficient (Wildman–Crippen LogP) is 3.14. The first-order valence-electron chi connectivity index (χ1n) is 7.60. The van der Waals surface area contributed by atoms with E-state index in [1.54, 1.807) is 6.07 Å². The number of nitrogens with one attached hydrogen (secondary N) is 2. The highest BCUT2D eigenvalue weighted by Gasteiger charge is 2.22. The minimum atomic E-state index is -3.61. The van der Waals surface area contributed by atoms with Crippen LogP contribution in [0, 0.1) is 5.82 Å². The summed E-state index contributed by atoms with van der Waals surface area (Å²) in [6.45, 7) is 1.32. The fourth-order valence-electron chi connectivity index (χ4n) is 2.05. The molecule has 1 unspecified atom stereocenters. The molecule has 0 aliphatic heterocycles. The first-order valence-corrected chi connectivity index (χ1v) is 10.3. The van der Waals surface area contributed by atoms with Crippen molar-refractivity contribution in [1.82, 2.24) is 0 Å². The molecule has 0 saturated carbocycles. The van der Waals surface area contributed by atoms with E-state index in [-0.39, 0.29) is 16.9 Å². The normalized spacial score (nSPS) is 12.1. The van der Waals surface area contributed by atoms with Gasteiger partial charge < -0.3 is 10.1 Å². The summed E-state index contributed by atoms with van der Waals surface area (Å²) in [6, 6.07) is 9.89. The van der Waals surface area contributed by atoms with Gasteiger partial charge in [0.25, 0.3) is 5.91 Å². The molecule has 2 aromatic carbocycles. The van der Waals surface area contributed by atoms with Crippen LogP contribution in [0.25, 0.3) is 0 Å². The summed E-state index contributed by atoms with van der Waals surface area (Å²) in [6.07, 6.45) is -0.301. The second-order valence-electron chi connectivity index (χ2n) is 5.58. The smallest absolute Gasteiger partial charge is 0.341 e. The molecule has 0 fully saturated rings. The van der Waals surface area contributed by atoms with Crippen molar-refractivity contribution in [1.29, 1.82) is 0 Å². The lowest BCUT2D eigenvalue weighted by Crippen LogP contribution is -2.30. The van der Waals surface area contributed by atoms with E-state index in [0.717, 1.165) is 6.26 Å². The van der Waals surface area contributed by atoms with Crippen molar-refractivity contribution >= 4 is 49.2 Å². The molecule has 2 aromatic rings. The van der Waals surface area contributed by atoms with Gasteiger partial charge in [0.1, 0.15) is 5.82 Å². The summed E-state index contributed by atoms with van der Waals surface area (Å²) < 4.78 is 44.4. The Kier molecular flexibility index (Phi) is 6.55. The van der Waals surface area contributed by atoms with E-state index >= 15 is 0 Å². The molecular weight excluding hydrogens is 443 g/mol. The van der Waals surface area contributed by atoms with Crippen molar-refractivity contribution in [3.63, 3.8) is 0 Å². The molecule has 0 aliphatic rings. The Hall–Kier alpha value is -2.46. The van der Waals surface area contributed by atoms with Crippen LogP contribution in [0.2, 0.25) is 0 Å². The largest absolute Gasteiger partial charge is 0.449 e. The highest BCUT2D eigenvalue weighted by Crippen LogP contribution is 2.21. The lowest BCUT2D eigenvalue weighted by Gasteiger charge is -2.15. The molecule has 0 heterocycles.